The number of carboxylic acid groups (broad SMARTS) is 1. The molecule has 3 aromatic rings. The Bertz CT molecular complexity index is 1330. The zero-order valence-electron chi connectivity index (χ0n) is 17.7. The van der Waals surface area contributed by atoms with Gasteiger partial charge in [-0.2, -0.15) is 5.10 Å². The van der Waals surface area contributed by atoms with E-state index in [-0.39, 0.29) is 22.8 Å². The fraction of sp³-hybridized carbons (Fsp3) is 0.292. The average Bonchev–Trinajstić information content (AvgIpc) is 3.64. The number of pyridine rings is 1. The number of aromatic carboxylic acids is 1. The zero-order valence-corrected chi connectivity index (χ0v) is 17.7. The quantitative estimate of drug-likeness (QED) is 0.600. The maximum Gasteiger partial charge on any atom is 0.341 e. The van der Waals surface area contributed by atoms with Crippen molar-refractivity contribution in [2.45, 2.75) is 18.9 Å². The van der Waals surface area contributed by atoms with Crippen LogP contribution in [0.5, 0.6) is 0 Å². The molecule has 2 fully saturated rings. The van der Waals surface area contributed by atoms with Gasteiger partial charge in [-0.05, 0) is 42.7 Å². The predicted molar refractivity (Wildman–Crippen MR) is 121 cm³/mol. The van der Waals surface area contributed by atoms with Crippen molar-refractivity contribution < 1.29 is 18.7 Å². The Morgan fingerprint density at radius 2 is 1.85 bits per heavy atom. The van der Waals surface area contributed by atoms with Gasteiger partial charge in [-0.15, -0.1) is 0 Å². The molecule has 0 amide bonds. The summed E-state index contributed by atoms with van der Waals surface area (Å²) in [6.07, 6.45) is 4.77. The smallest absolute Gasteiger partial charge is 0.341 e. The van der Waals surface area contributed by atoms with E-state index in [1.54, 1.807) is 29.0 Å². The van der Waals surface area contributed by atoms with Crippen LogP contribution in [-0.2, 0) is 0 Å². The molecule has 1 aromatic heterocycles. The molecule has 2 aromatic carbocycles. The molecule has 0 unspecified atom stereocenters. The molecule has 0 radical (unpaired) electrons. The Hall–Kier alpha value is -3.75. The van der Waals surface area contributed by atoms with Crippen molar-refractivity contribution in [3.8, 4) is 0 Å². The number of hydrazone groups is 1. The summed E-state index contributed by atoms with van der Waals surface area (Å²) in [5.41, 5.74) is 0.586. The third-order valence-electron chi connectivity index (χ3n) is 6.09. The first-order valence-electron chi connectivity index (χ1n) is 10.8. The summed E-state index contributed by atoms with van der Waals surface area (Å²) in [4.78, 5) is 26.0. The Balaban J connectivity index is 1.40. The lowest BCUT2D eigenvalue weighted by atomic mass is 10.1. The van der Waals surface area contributed by atoms with E-state index in [2.05, 4.69) is 5.10 Å². The normalized spacial score (nSPS) is 16.7. The predicted octanol–water partition coefficient (Wildman–Crippen LogP) is 3.47. The lowest BCUT2D eigenvalue weighted by Gasteiger charge is -2.35. The minimum absolute atomic E-state index is 0.0846. The molecule has 0 spiro atoms. The minimum Gasteiger partial charge on any atom is -0.477 e. The summed E-state index contributed by atoms with van der Waals surface area (Å²) < 4.78 is 30.2. The fourth-order valence-corrected chi connectivity index (χ4v) is 4.20. The number of nitrogens with zero attached hydrogens (tertiary/aromatic N) is 4. The molecular weight excluding hydrogens is 430 g/mol. The van der Waals surface area contributed by atoms with Gasteiger partial charge in [-0.3, -0.25) is 9.80 Å². The van der Waals surface area contributed by atoms with E-state index in [0.29, 0.717) is 42.9 Å². The topological polar surface area (TPSA) is 78.1 Å². The Morgan fingerprint density at radius 1 is 1.09 bits per heavy atom. The second kappa shape index (κ2) is 8.31. The van der Waals surface area contributed by atoms with E-state index < -0.39 is 17.2 Å². The zero-order chi connectivity index (χ0) is 23.1. The number of piperazine rings is 1. The monoisotopic (exact) mass is 452 g/mol. The van der Waals surface area contributed by atoms with Crippen molar-refractivity contribution in [2.24, 2.45) is 5.10 Å². The van der Waals surface area contributed by atoms with Gasteiger partial charge in [0, 0.05) is 30.7 Å². The molecule has 1 N–H and O–H groups in total. The highest BCUT2D eigenvalue weighted by molar-refractivity contribution is 5.93. The van der Waals surface area contributed by atoms with Crippen LogP contribution in [0, 0.1) is 11.6 Å². The van der Waals surface area contributed by atoms with Crippen molar-refractivity contribution in [3.63, 3.8) is 0 Å². The number of hydrogen-bond donors (Lipinski definition) is 1. The molecule has 33 heavy (non-hydrogen) atoms. The van der Waals surface area contributed by atoms with E-state index >= 15 is 4.39 Å². The van der Waals surface area contributed by atoms with Crippen LogP contribution in [0.4, 0.5) is 14.5 Å². The molecule has 170 valence electrons. The van der Waals surface area contributed by atoms with E-state index in [9.17, 15) is 19.1 Å². The van der Waals surface area contributed by atoms with Crippen LogP contribution in [0.3, 0.4) is 0 Å². The van der Waals surface area contributed by atoms with Gasteiger partial charge >= 0.3 is 5.97 Å². The highest BCUT2D eigenvalue weighted by atomic mass is 19.1. The van der Waals surface area contributed by atoms with Crippen LogP contribution in [0.1, 0.15) is 34.8 Å². The molecule has 2 heterocycles. The number of hydrogen-bond acceptors (Lipinski definition) is 5. The van der Waals surface area contributed by atoms with Crippen molar-refractivity contribution in [1.82, 2.24) is 9.58 Å². The number of fused-ring (bicyclic) bond motifs is 1. The SMILES string of the molecule is O=C(O)c1cn(C2CC2)c2cc(N3CCN(/N=C/c4cccc(F)c4)CC3)c(F)cc2c1=O. The van der Waals surface area contributed by atoms with Gasteiger partial charge in [-0.25, -0.2) is 13.6 Å². The maximum absolute atomic E-state index is 15.1. The Morgan fingerprint density at radius 3 is 2.52 bits per heavy atom. The number of aromatic nitrogens is 1. The number of carbonyl (C=O) groups is 1. The summed E-state index contributed by atoms with van der Waals surface area (Å²) >= 11 is 0. The van der Waals surface area contributed by atoms with Crippen molar-refractivity contribution in [1.29, 1.82) is 0 Å². The first-order chi connectivity index (χ1) is 15.9. The van der Waals surface area contributed by atoms with Crippen LogP contribution in [-0.4, -0.2) is 53.0 Å². The molecule has 7 nitrogen and oxygen atoms in total. The molecule has 1 saturated heterocycles. The van der Waals surface area contributed by atoms with Gasteiger partial charge in [0.2, 0.25) is 5.43 Å². The third-order valence-corrected chi connectivity index (χ3v) is 6.09. The first kappa shape index (κ1) is 21.1. The van der Waals surface area contributed by atoms with Crippen molar-refractivity contribution in [3.05, 3.63) is 75.6 Å². The molecule has 9 heteroatoms. The van der Waals surface area contributed by atoms with Crippen LogP contribution < -0.4 is 10.3 Å². The highest BCUT2D eigenvalue weighted by Crippen LogP contribution is 2.38. The Labute approximate surface area is 188 Å². The van der Waals surface area contributed by atoms with Gasteiger partial charge in [0.25, 0.3) is 0 Å². The van der Waals surface area contributed by atoms with Crippen LogP contribution in [0.25, 0.3) is 10.9 Å². The highest BCUT2D eigenvalue weighted by Gasteiger charge is 2.28. The summed E-state index contributed by atoms with van der Waals surface area (Å²) in [5, 5.41) is 15.7. The maximum atomic E-state index is 15.1. The standard InChI is InChI=1S/C24H22F2N4O3/c25-16-3-1-2-15(10-16)13-27-29-8-6-28(7-9-29)22-12-21-18(11-20(22)26)23(31)19(24(32)33)14-30(21)17-4-5-17/h1-3,10-14,17H,4-9H2,(H,32,33)/b27-13+. The van der Waals surface area contributed by atoms with Gasteiger partial charge in [-0.1, -0.05) is 12.1 Å². The number of halogens is 2. The van der Waals surface area contributed by atoms with E-state index in [1.165, 1.54) is 18.3 Å². The lowest BCUT2D eigenvalue weighted by molar-refractivity contribution is 0.0695. The Kier molecular flexibility index (Phi) is 5.32. The molecular formula is C24H22F2N4O3. The van der Waals surface area contributed by atoms with Crippen LogP contribution in [0.15, 0.2) is 52.5 Å². The molecule has 0 bridgehead atoms. The van der Waals surface area contributed by atoms with E-state index in [4.69, 9.17) is 0 Å². The number of benzene rings is 2. The number of carboxylic acids is 1. The lowest BCUT2D eigenvalue weighted by Crippen LogP contribution is -2.44. The third kappa shape index (κ3) is 4.18. The second-order valence-corrected chi connectivity index (χ2v) is 8.38. The fourth-order valence-electron chi connectivity index (χ4n) is 4.20. The molecule has 2 aliphatic rings. The van der Waals surface area contributed by atoms with Gasteiger partial charge in [0.1, 0.15) is 17.2 Å². The van der Waals surface area contributed by atoms with E-state index in [0.717, 1.165) is 18.9 Å². The summed E-state index contributed by atoms with van der Waals surface area (Å²) in [6.45, 7) is 2.14. The number of rotatable bonds is 5. The summed E-state index contributed by atoms with van der Waals surface area (Å²) in [5.74, 6) is -2.19. The summed E-state index contributed by atoms with van der Waals surface area (Å²) in [7, 11) is 0. The van der Waals surface area contributed by atoms with Crippen molar-refractivity contribution in [2.75, 3.05) is 31.1 Å². The molecule has 1 aliphatic heterocycles. The van der Waals surface area contributed by atoms with Gasteiger partial charge in [0.15, 0.2) is 0 Å². The summed E-state index contributed by atoms with van der Waals surface area (Å²) in [6, 6.07) is 9.10. The van der Waals surface area contributed by atoms with Gasteiger partial charge < -0.3 is 14.6 Å². The first-order valence-corrected chi connectivity index (χ1v) is 10.8. The van der Waals surface area contributed by atoms with Crippen molar-refractivity contribution >= 4 is 28.8 Å². The molecule has 5 rings (SSSR count). The number of anilines is 1. The van der Waals surface area contributed by atoms with E-state index in [1.807, 2.05) is 9.91 Å². The minimum atomic E-state index is -1.31. The molecule has 1 saturated carbocycles. The largest absolute Gasteiger partial charge is 0.477 e. The second-order valence-electron chi connectivity index (χ2n) is 8.38. The average molecular weight is 452 g/mol. The molecule has 1 aliphatic carbocycles. The van der Waals surface area contributed by atoms with Crippen LogP contribution in [0.2, 0.25) is 0 Å². The molecule has 0 atom stereocenters. The van der Waals surface area contributed by atoms with Gasteiger partial charge in [0.05, 0.1) is 30.5 Å². The van der Waals surface area contributed by atoms with Crippen LogP contribution >= 0.6 is 0 Å².